The van der Waals surface area contributed by atoms with Crippen molar-refractivity contribution >= 4 is 17.7 Å². The SMILES string of the molecule is CC(=O)NCC=Cc1cccc(N)c1C. The molecule has 0 aliphatic carbocycles. The van der Waals surface area contributed by atoms with Crippen molar-refractivity contribution in [2.75, 3.05) is 12.3 Å². The first-order chi connectivity index (χ1) is 7.11. The molecule has 0 unspecified atom stereocenters. The van der Waals surface area contributed by atoms with Crippen LogP contribution in [-0.4, -0.2) is 12.5 Å². The number of anilines is 1. The van der Waals surface area contributed by atoms with Crippen LogP contribution < -0.4 is 11.1 Å². The Labute approximate surface area is 90.0 Å². The lowest BCUT2D eigenvalue weighted by atomic mass is 10.1. The average molecular weight is 204 g/mol. The number of rotatable bonds is 3. The number of amides is 1. The molecule has 0 fully saturated rings. The summed E-state index contributed by atoms with van der Waals surface area (Å²) in [6.07, 6.45) is 3.87. The van der Waals surface area contributed by atoms with Gasteiger partial charge < -0.3 is 11.1 Å². The van der Waals surface area contributed by atoms with Crippen LogP contribution in [0, 0.1) is 6.92 Å². The lowest BCUT2D eigenvalue weighted by Gasteiger charge is -2.03. The number of nitrogens with two attached hydrogens (primary N) is 1. The number of carbonyl (C=O) groups excluding carboxylic acids is 1. The lowest BCUT2D eigenvalue weighted by molar-refractivity contribution is -0.118. The number of nitrogens with one attached hydrogen (secondary N) is 1. The summed E-state index contributed by atoms with van der Waals surface area (Å²) in [6.45, 7) is 4.02. The van der Waals surface area contributed by atoms with E-state index in [1.54, 1.807) is 0 Å². The zero-order valence-corrected chi connectivity index (χ0v) is 9.08. The quantitative estimate of drug-likeness (QED) is 0.737. The highest BCUT2D eigenvalue weighted by molar-refractivity contribution is 5.73. The van der Waals surface area contributed by atoms with E-state index in [-0.39, 0.29) is 5.91 Å². The van der Waals surface area contributed by atoms with Crippen LogP contribution in [0.15, 0.2) is 24.3 Å². The maximum absolute atomic E-state index is 10.6. The second-order valence-corrected chi connectivity index (χ2v) is 3.40. The van der Waals surface area contributed by atoms with Gasteiger partial charge in [-0.15, -0.1) is 0 Å². The zero-order chi connectivity index (χ0) is 11.3. The van der Waals surface area contributed by atoms with Crippen molar-refractivity contribution in [1.82, 2.24) is 5.32 Å². The van der Waals surface area contributed by atoms with Crippen molar-refractivity contribution < 1.29 is 4.79 Å². The molecule has 0 bridgehead atoms. The highest BCUT2D eigenvalue weighted by Crippen LogP contribution is 2.16. The van der Waals surface area contributed by atoms with Gasteiger partial charge in [0, 0.05) is 19.2 Å². The minimum Gasteiger partial charge on any atom is -0.398 e. The Morgan fingerprint density at radius 1 is 1.53 bits per heavy atom. The smallest absolute Gasteiger partial charge is 0.217 e. The zero-order valence-electron chi connectivity index (χ0n) is 9.08. The van der Waals surface area contributed by atoms with Gasteiger partial charge in [0.25, 0.3) is 0 Å². The van der Waals surface area contributed by atoms with Crippen LogP contribution in [-0.2, 0) is 4.79 Å². The van der Waals surface area contributed by atoms with Crippen molar-refractivity contribution in [1.29, 1.82) is 0 Å². The van der Waals surface area contributed by atoms with Crippen LogP contribution in [0.2, 0.25) is 0 Å². The van der Waals surface area contributed by atoms with Crippen molar-refractivity contribution in [3.63, 3.8) is 0 Å². The van der Waals surface area contributed by atoms with Crippen molar-refractivity contribution in [3.05, 3.63) is 35.4 Å². The summed E-state index contributed by atoms with van der Waals surface area (Å²) >= 11 is 0. The van der Waals surface area contributed by atoms with Gasteiger partial charge in [0.2, 0.25) is 5.91 Å². The molecular weight excluding hydrogens is 188 g/mol. The van der Waals surface area contributed by atoms with Crippen LogP contribution in [0.1, 0.15) is 18.1 Å². The Kier molecular flexibility index (Phi) is 3.92. The standard InChI is InChI=1S/C12H16N2O/c1-9-11(5-3-7-12(9)13)6-4-8-14-10(2)15/h3-7H,8,13H2,1-2H3,(H,14,15). The van der Waals surface area contributed by atoms with Crippen LogP contribution in [0.25, 0.3) is 6.08 Å². The Morgan fingerprint density at radius 2 is 2.27 bits per heavy atom. The molecule has 1 rings (SSSR count). The molecule has 1 aromatic rings. The Morgan fingerprint density at radius 3 is 2.93 bits per heavy atom. The van der Waals surface area contributed by atoms with Gasteiger partial charge in [-0.25, -0.2) is 0 Å². The van der Waals surface area contributed by atoms with E-state index in [1.807, 2.05) is 37.3 Å². The van der Waals surface area contributed by atoms with Crippen molar-refractivity contribution in [3.8, 4) is 0 Å². The molecule has 80 valence electrons. The molecule has 3 N–H and O–H groups in total. The van der Waals surface area contributed by atoms with Crippen molar-refractivity contribution in [2.24, 2.45) is 0 Å². The third-order valence-corrected chi connectivity index (χ3v) is 2.18. The van der Waals surface area contributed by atoms with Gasteiger partial charge in [-0.1, -0.05) is 24.3 Å². The van der Waals surface area contributed by atoms with E-state index >= 15 is 0 Å². The number of benzene rings is 1. The average Bonchev–Trinajstić information content (AvgIpc) is 2.18. The Hall–Kier alpha value is -1.77. The van der Waals surface area contributed by atoms with E-state index in [4.69, 9.17) is 5.73 Å². The molecule has 0 radical (unpaired) electrons. The van der Waals surface area contributed by atoms with Gasteiger partial charge in [-0.2, -0.15) is 0 Å². The second kappa shape index (κ2) is 5.20. The highest BCUT2D eigenvalue weighted by Gasteiger charge is 1.96. The maximum Gasteiger partial charge on any atom is 0.217 e. The topological polar surface area (TPSA) is 55.1 Å². The van der Waals surface area contributed by atoms with Gasteiger partial charge in [-0.3, -0.25) is 4.79 Å². The number of carbonyl (C=O) groups is 1. The summed E-state index contributed by atoms with van der Waals surface area (Å²) in [5.41, 5.74) is 8.71. The van der Waals surface area contributed by atoms with E-state index in [1.165, 1.54) is 6.92 Å². The number of nitrogen functional groups attached to an aromatic ring is 1. The first kappa shape index (κ1) is 11.3. The number of hydrogen-bond donors (Lipinski definition) is 2. The molecule has 3 heteroatoms. The molecule has 0 saturated heterocycles. The maximum atomic E-state index is 10.6. The predicted octanol–water partition coefficient (Wildman–Crippen LogP) is 1.73. The van der Waals surface area contributed by atoms with Crippen LogP contribution in [0.5, 0.6) is 0 Å². The van der Waals surface area contributed by atoms with E-state index in [9.17, 15) is 4.79 Å². The molecule has 1 amide bonds. The minimum atomic E-state index is -0.0241. The van der Waals surface area contributed by atoms with Gasteiger partial charge >= 0.3 is 0 Å². The van der Waals surface area contributed by atoms with E-state index < -0.39 is 0 Å². The molecule has 0 heterocycles. The van der Waals surface area contributed by atoms with E-state index in [0.29, 0.717) is 6.54 Å². The van der Waals surface area contributed by atoms with E-state index in [2.05, 4.69) is 5.32 Å². The Bertz CT molecular complexity index is 383. The molecule has 0 spiro atoms. The summed E-state index contributed by atoms with van der Waals surface area (Å²) in [4.78, 5) is 10.6. The molecule has 0 saturated carbocycles. The van der Waals surface area contributed by atoms with Crippen LogP contribution in [0.3, 0.4) is 0 Å². The summed E-state index contributed by atoms with van der Waals surface area (Å²) < 4.78 is 0. The number of hydrogen-bond acceptors (Lipinski definition) is 2. The molecule has 3 nitrogen and oxygen atoms in total. The van der Waals surface area contributed by atoms with Gasteiger partial charge in [0.1, 0.15) is 0 Å². The largest absolute Gasteiger partial charge is 0.398 e. The van der Waals surface area contributed by atoms with Gasteiger partial charge in [-0.05, 0) is 24.1 Å². The Balaban J connectivity index is 2.64. The first-order valence-corrected chi connectivity index (χ1v) is 4.87. The van der Waals surface area contributed by atoms with Gasteiger partial charge in [0.15, 0.2) is 0 Å². The molecular formula is C12H16N2O. The first-order valence-electron chi connectivity index (χ1n) is 4.87. The third-order valence-electron chi connectivity index (χ3n) is 2.18. The predicted molar refractivity (Wildman–Crippen MR) is 63.3 cm³/mol. The monoisotopic (exact) mass is 204 g/mol. The molecule has 15 heavy (non-hydrogen) atoms. The fourth-order valence-electron chi connectivity index (χ4n) is 1.24. The molecule has 0 atom stereocenters. The summed E-state index contributed by atoms with van der Waals surface area (Å²) in [6, 6.07) is 5.79. The van der Waals surface area contributed by atoms with E-state index in [0.717, 1.165) is 16.8 Å². The van der Waals surface area contributed by atoms with Crippen LogP contribution in [0.4, 0.5) is 5.69 Å². The molecule has 0 aliphatic rings. The normalized spacial score (nSPS) is 10.5. The highest BCUT2D eigenvalue weighted by atomic mass is 16.1. The lowest BCUT2D eigenvalue weighted by Crippen LogP contribution is -2.19. The third kappa shape index (κ3) is 3.46. The second-order valence-electron chi connectivity index (χ2n) is 3.40. The summed E-state index contributed by atoms with van der Waals surface area (Å²) in [5.74, 6) is -0.0241. The summed E-state index contributed by atoms with van der Waals surface area (Å²) in [7, 11) is 0. The van der Waals surface area contributed by atoms with Crippen LogP contribution >= 0.6 is 0 Å². The molecule has 0 aromatic heterocycles. The molecule has 0 aliphatic heterocycles. The summed E-state index contributed by atoms with van der Waals surface area (Å²) in [5, 5.41) is 2.69. The fraction of sp³-hybridized carbons (Fsp3) is 0.250. The minimum absolute atomic E-state index is 0.0241. The fourth-order valence-corrected chi connectivity index (χ4v) is 1.24. The van der Waals surface area contributed by atoms with Crippen molar-refractivity contribution in [2.45, 2.75) is 13.8 Å². The van der Waals surface area contributed by atoms with Gasteiger partial charge in [0.05, 0.1) is 0 Å². The molecule has 1 aromatic carbocycles.